The molecule has 0 radical (unpaired) electrons. The second kappa shape index (κ2) is 14.5. The normalized spacial score (nSPS) is 13.1. The molecule has 196 valence electrons. The molecule has 0 fully saturated rings. The van der Waals surface area contributed by atoms with Crippen molar-refractivity contribution in [1.82, 2.24) is 19.9 Å². The zero-order valence-corrected chi connectivity index (χ0v) is 22.7. The third kappa shape index (κ3) is 8.28. The van der Waals surface area contributed by atoms with Crippen LogP contribution in [-0.4, -0.2) is 46.3 Å². The highest BCUT2D eigenvalue weighted by atomic mass is 35.5. The van der Waals surface area contributed by atoms with Crippen molar-refractivity contribution in [3.8, 4) is 11.8 Å². The van der Waals surface area contributed by atoms with Crippen molar-refractivity contribution in [2.45, 2.75) is 78.5 Å². The lowest BCUT2D eigenvalue weighted by Gasteiger charge is -2.19. The molecule has 0 saturated carbocycles. The molecule has 3 N–H and O–H groups in total. The average molecular weight is 516 g/mol. The average Bonchev–Trinajstić information content (AvgIpc) is 3.20. The maximum atomic E-state index is 12.3. The van der Waals surface area contributed by atoms with Crippen molar-refractivity contribution in [1.29, 1.82) is 0 Å². The molecule has 2 aromatic heterocycles. The molecule has 0 aliphatic carbocycles. The van der Waals surface area contributed by atoms with E-state index in [9.17, 15) is 4.79 Å². The van der Waals surface area contributed by atoms with Gasteiger partial charge in [0, 0.05) is 19.2 Å². The van der Waals surface area contributed by atoms with Gasteiger partial charge in [0.05, 0.1) is 18.1 Å². The first-order chi connectivity index (χ1) is 17.2. The Labute approximate surface area is 219 Å². The van der Waals surface area contributed by atoms with Gasteiger partial charge in [-0.3, -0.25) is 4.79 Å². The maximum absolute atomic E-state index is 12.3. The second-order valence-electron chi connectivity index (χ2n) is 8.62. The molecular formula is C27H38ClN5O3. The molecule has 8 nitrogen and oxygen atoms in total. The van der Waals surface area contributed by atoms with E-state index in [0.717, 1.165) is 36.8 Å². The highest BCUT2D eigenvalue weighted by Gasteiger charge is 2.18. The molecular weight excluding hydrogens is 478 g/mol. The zero-order valence-electron chi connectivity index (χ0n) is 22.0. The number of anilines is 1. The Morgan fingerprint density at radius 1 is 1.39 bits per heavy atom. The van der Waals surface area contributed by atoms with E-state index in [-0.39, 0.29) is 29.2 Å². The highest BCUT2D eigenvalue weighted by molar-refractivity contribution is 6.34. The summed E-state index contributed by atoms with van der Waals surface area (Å²) in [6.07, 6.45) is 8.02. The molecule has 0 aromatic carbocycles. The molecule has 2 rings (SSSR count). The standard InChI is InChI=1S/C27H38ClN5O3/c1-7-12-22(8-2)36-26(34)19(4)30-15-11-9-10-13-21-17-33(16-14-18(3)20(5)35-6)25-23(21)24(28)31-27(29)32-25/h14,17,19,22,30H,5,7-9,11-12,15-16H2,1-4,6H3,(H2,29,31,32)/b18-14+/t19-,22?/m0/s1. The molecule has 2 atom stereocenters. The number of halogens is 1. The first kappa shape index (κ1) is 29.2. The first-order valence-electron chi connectivity index (χ1n) is 12.4. The Bertz CT molecular complexity index is 1150. The number of unbranched alkanes of at least 4 members (excludes halogenated alkanes) is 1. The molecule has 0 aliphatic heterocycles. The van der Waals surface area contributed by atoms with Gasteiger partial charge >= 0.3 is 5.97 Å². The predicted octanol–water partition coefficient (Wildman–Crippen LogP) is 5.01. The number of nitrogens with two attached hydrogens (primary N) is 1. The maximum Gasteiger partial charge on any atom is 0.323 e. The van der Waals surface area contributed by atoms with Crippen LogP contribution in [0, 0.1) is 11.8 Å². The lowest BCUT2D eigenvalue weighted by atomic mass is 10.1. The topological polar surface area (TPSA) is 104 Å². The molecule has 0 aliphatic rings. The number of hydrogen-bond donors (Lipinski definition) is 2. The van der Waals surface area contributed by atoms with E-state index in [2.05, 4.69) is 40.6 Å². The number of allylic oxidation sites excluding steroid dienone is 2. The second-order valence-corrected chi connectivity index (χ2v) is 8.98. The number of ether oxygens (including phenoxy) is 2. The van der Waals surface area contributed by atoms with Gasteiger partial charge < -0.3 is 25.1 Å². The number of aromatic nitrogens is 3. The number of methoxy groups -OCH3 is 1. The van der Waals surface area contributed by atoms with Crippen LogP contribution in [0.5, 0.6) is 0 Å². The SMILES string of the molecule is C=C(OC)/C(C)=C/Cn1cc(C#CCCCN[C@@H](C)C(=O)OC(CC)CCC)c2c(Cl)nc(N)nc21. The summed E-state index contributed by atoms with van der Waals surface area (Å²) in [6, 6.07) is -0.353. The van der Waals surface area contributed by atoms with Gasteiger partial charge in [-0.2, -0.15) is 4.98 Å². The van der Waals surface area contributed by atoms with E-state index < -0.39 is 0 Å². The predicted molar refractivity (Wildman–Crippen MR) is 146 cm³/mol. The first-order valence-corrected chi connectivity index (χ1v) is 12.7. The number of carbonyl (C=O) groups excluding carboxylic acids is 1. The molecule has 0 bridgehead atoms. The minimum Gasteiger partial charge on any atom is -0.497 e. The number of esters is 1. The molecule has 0 amide bonds. The van der Waals surface area contributed by atoms with Gasteiger partial charge in [0.1, 0.15) is 28.7 Å². The van der Waals surface area contributed by atoms with Crippen molar-refractivity contribution in [3.05, 3.63) is 40.9 Å². The lowest BCUT2D eigenvalue weighted by molar-refractivity contribution is -0.151. The number of nitrogens with one attached hydrogen (secondary N) is 1. The van der Waals surface area contributed by atoms with E-state index in [1.807, 2.05) is 37.6 Å². The summed E-state index contributed by atoms with van der Waals surface area (Å²) in [5.74, 6) is 6.87. The smallest absolute Gasteiger partial charge is 0.323 e. The van der Waals surface area contributed by atoms with Gasteiger partial charge in [0.25, 0.3) is 0 Å². The molecule has 2 heterocycles. The summed E-state index contributed by atoms with van der Waals surface area (Å²) < 4.78 is 12.7. The van der Waals surface area contributed by atoms with E-state index in [1.165, 1.54) is 0 Å². The Morgan fingerprint density at radius 3 is 2.81 bits per heavy atom. The third-order valence-corrected chi connectivity index (χ3v) is 6.10. The number of nitrogen functional groups attached to an aromatic ring is 1. The summed E-state index contributed by atoms with van der Waals surface area (Å²) in [4.78, 5) is 20.7. The van der Waals surface area contributed by atoms with Crippen LogP contribution in [0.1, 0.15) is 65.4 Å². The summed E-state index contributed by atoms with van der Waals surface area (Å²) in [5.41, 5.74) is 8.10. The fraction of sp³-hybridized carbons (Fsp3) is 0.519. The van der Waals surface area contributed by atoms with Crippen LogP contribution in [0.3, 0.4) is 0 Å². The minimum absolute atomic E-state index is 0.0101. The fourth-order valence-corrected chi connectivity index (χ4v) is 3.85. The van der Waals surface area contributed by atoms with E-state index >= 15 is 0 Å². The van der Waals surface area contributed by atoms with Gasteiger partial charge in [0.2, 0.25) is 5.95 Å². The number of carbonyl (C=O) groups is 1. The zero-order chi connectivity index (χ0) is 26.7. The Balaban J connectivity index is 2.02. The molecule has 0 spiro atoms. The molecule has 2 aromatic rings. The van der Waals surface area contributed by atoms with Crippen LogP contribution in [-0.2, 0) is 20.8 Å². The molecule has 1 unspecified atom stereocenters. The summed E-state index contributed by atoms with van der Waals surface area (Å²) >= 11 is 6.39. The fourth-order valence-electron chi connectivity index (χ4n) is 3.57. The van der Waals surface area contributed by atoms with Gasteiger partial charge in [0.15, 0.2) is 0 Å². The molecule has 0 saturated heterocycles. The van der Waals surface area contributed by atoms with Gasteiger partial charge in [-0.15, -0.1) is 0 Å². The largest absolute Gasteiger partial charge is 0.497 e. The van der Waals surface area contributed by atoms with Crippen molar-refractivity contribution >= 4 is 34.6 Å². The van der Waals surface area contributed by atoms with Crippen LogP contribution in [0.2, 0.25) is 5.15 Å². The number of nitrogens with zero attached hydrogens (tertiary/aromatic N) is 3. The van der Waals surface area contributed by atoms with Crippen LogP contribution < -0.4 is 11.1 Å². The summed E-state index contributed by atoms with van der Waals surface area (Å²) in [5, 5.41) is 4.15. The lowest BCUT2D eigenvalue weighted by Crippen LogP contribution is -2.37. The van der Waals surface area contributed by atoms with Crippen molar-refractivity contribution in [3.63, 3.8) is 0 Å². The Hall–Kier alpha value is -3.02. The minimum atomic E-state index is -0.353. The van der Waals surface area contributed by atoms with Crippen LogP contribution in [0.15, 0.2) is 30.2 Å². The number of fused-ring (bicyclic) bond motifs is 1. The number of hydrogen-bond acceptors (Lipinski definition) is 7. The Kier molecular flexibility index (Phi) is 11.8. The van der Waals surface area contributed by atoms with Crippen molar-refractivity contribution in [2.75, 3.05) is 19.4 Å². The summed E-state index contributed by atoms with van der Waals surface area (Å²) in [7, 11) is 1.59. The Morgan fingerprint density at radius 2 is 2.14 bits per heavy atom. The van der Waals surface area contributed by atoms with E-state index in [1.54, 1.807) is 7.11 Å². The molecule has 9 heteroatoms. The van der Waals surface area contributed by atoms with Crippen molar-refractivity contribution < 1.29 is 14.3 Å². The summed E-state index contributed by atoms with van der Waals surface area (Å²) in [6.45, 7) is 12.9. The van der Waals surface area contributed by atoms with Crippen LogP contribution in [0.4, 0.5) is 5.95 Å². The van der Waals surface area contributed by atoms with Gasteiger partial charge in [-0.05, 0) is 45.2 Å². The van der Waals surface area contributed by atoms with Gasteiger partial charge in [-0.25, -0.2) is 4.98 Å². The van der Waals surface area contributed by atoms with Gasteiger partial charge in [-0.1, -0.05) is 56.4 Å². The van der Waals surface area contributed by atoms with Crippen LogP contribution >= 0.6 is 11.6 Å². The third-order valence-electron chi connectivity index (χ3n) is 5.82. The quantitative estimate of drug-likeness (QED) is 0.0965. The molecule has 36 heavy (non-hydrogen) atoms. The monoisotopic (exact) mass is 515 g/mol. The van der Waals surface area contributed by atoms with E-state index in [4.69, 9.17) is 26.8 Å². The van der Waals surface area contributed by atoms with Crippen molar-refractivity contribution in [2.24, 2.45) is 0 Å². The highest BCUT2D eigenvalue weighted by Crippen LogP contribution is 2.27. The van der Waals surface area contributed by atoms with Crippen LogP contribution in [0.25, 0.3) is 11.0 Å². The van der Waals surface area contributed by atoms with E-state index in [0.29, 0.717) is 36.3 Å². The number of rotatable bonds is 13.